The van der Waals surface area contributed by atoms with Gasteiger partial charge in [0.05, 0.1) is 13.2 Å². The first-order valence-corrected chi connectivity index (χ1v) is 6.13. The fraction of sp³-hybridized carbons (Fsp3) is 0.357. The van der Waals surface area contributed by atoms with Gasteiger partial charge < -0.3 is 9.47 Å². The van der Waals surface area contributed by atoms with E-state index in [1.807, 2.05) is 36.0 Å². The van der Waals surface area contributed by atoms with Crippen LogP contribution in [0.4, 0.5) is 0 Å². The fourth-order valence-electron chi connectivity index (χ4n) is 1.83. The van der Waals surface area contributed by atoms with E-state index in [0.29, 0.717) is 12.5 Å². The summed E-state index contributed by atoms with van der Waals surface area (Å²) in [6.07, 6.45) is 2.28. The first-order valence-electron chi connectivity index (χ1n) is 6.13. The first kappa shape index (κ1) is 11.3. The van der Waals surface area contributed by atoms with E-state index in [1.54, 1.807) is 0 Å². The molecule has 1 atom stereocenters. The van der Waals surface area contributed by atoms with E-state index in [1.165, 1.54) is 5.56 Å². The Kier molecular flexibility index (Phi) is 3.02. The molecule has 18 heavy (non-hydrogen) atoms. The van der Waals surface area contributed by atoms with E-state index in [2.05, 4.69) is 17.2 Å². The molecule has 94 valence electrons. The number of hydrogen-bond donors (Lipinski definition) is 0. The minimum Gasteiger partial charge on any atom is -0.474 e. The quantitative estimate of drug-likeness (QED) is 0.755. The third-order valence-electron chi connectivity index (χ3n) is 2.89. The van der Waals surface area contributed by atoms with Gasteiger partial charge in [0.25, 0.3) is 0 Å². The maximum Gasteiger partial charge on any atom is 0.235 e. The maximum absolute atomic E-state index is 5.62. The SMILES string of the molecule is Cc1cn(Cc2ccccc2)nc1OCC1CO1. The molecule has 0 amide bonds. The number of hydrogen-bond acceptors (Lipinski definition) is 3. The molecule has 1 unspecified atom stereocenters. The van der Waals surface area contributed by atoms with Crippen LogP contribution in [0.25, 0.3) is 0 Å². The average molecular weight is 244 g/mol. The number of aromatic nitrogens is 2. The zero-order valence-electron chi connectivity index (χ0n) is 10.4. The van der Waals surface area contributed by atoms with Crippen molar-refractivity contribution in [2.75, 3.05) is 13.2 Å². The van der Waals surface area contributed by atoms with Crippen LogP contribution >= 0.6 is 0 Å². The predicted octanol–water partition coefficient (Wildman–Crippen LogP) is 2.02. The summed E-state index contributed by atoms with van der Waals surface area (Å²) in [5.74, 6) is 0.710. The highest BCUT2D eigenvalue weighted by molar-refractivity contribution is 5.22. The van der Waals surface area contributed by atoms with Gasteiger partial charge >= 0.3 is 0 Å². The van der Waals surface area contributed by atoms with Gasteiger partial charge in [-0.05, 0) is 12.5 Å². The number of aryl methyl sites for hydroxylation is 1. The summed E-state index contributed by atoms with van der Waals surface area (Å²) in [7, 11) is 0. The molecule has 0 bridgehead atoms. The second-order valence-electron chi connectivity index (χ2n) is 4.57. The molecule has 4 heteroatoms. The van der Waals surface area contributed by atoms with E-state index >= 15 is 0 Å². The largest absolute Gasteiger partial charge is 0.474 e. The molecule has 0 saturated carbocycles. The number of rotatable bonds is 5. The van der Waals surface area contributed by atoms with Gasteiger partial charge in [-0.2, -0.15) is 0 Å². The number of epoxide rings is 1. The van der Waals surface area contributed by atoms with Crippen molar-refractivity contribution in [1.29, 1.82) is 0 Å². The summed E-state index contributed by atoms with van der Waals surface area (Å²) in [4.78, 5) is 0. The van der Waals surface area contributed by atoms with Crippen LogP contribution in [0.5, 0.6) is 5.88 Å². The standard InChI is InChI=1S/C14H16N2O2/c1-11-7-16(8-12-5-3-2-4-6-12)15-14(11)18-10-13-9-17-13/h2-7,13H,8-10H2,1H3. The average Bonchev–Trinajstić information content (AvgIpc) is 3.14. The first-order chi connectivity index (χ1) is 8.81. The second-order valence-corrected chi connectivity index (χ2v) is 4.57. The van der Waals surface area contributed by atoms with E-state index in [0.717, 1.165) is 18.7 Å². The molecule has 1 aliphatic heterocycles. The van der Waals surface area contributed by atoms with Crippen molar-refractivity contribution in [3.05, 3.63) is 47.7 Å². The molecule has 3 rings (SSSR count). The van der Waals surface area contributed by atoms with Crippen molar-refractivity contribution >= 4 is 0 Å². The third-order valence-corrected chi connectivity index (χ3v) is 2.89. The molecule has 0 N–H and O–H groups in total. The molecule has 2 heterocycles. The molecule has 1 aromatic carbocycles. The monoisotopic (exact) mass is 244 g/mol. The Morgan fingerprint density at radius 2 is 2.17 bits per heavy atom. The number of nitrogens with zero attached hydrogens (tertiary/aromatic N) is 2. The number of benzene rings is 1. The van der Waals surface area contributed by atoms with E-state index in [-0.39, 0.29) is 6.10 Å². The normalized spacial score (nSPS) is 17.7. The Hall–Kier alpha value is -1.81. The van der Waals surface area contributed by atoms with Crippen LogP contribution in [-0.2, 0) is 11.3 Å². The summed E-state index contributed by atoms with van der Waals surface area (Å²) < 4.78 is 12.6. The Morgan fingerprint density at radius 1 is 1.39 bits per heavy atom. The van der Waals surface area contributed by atoms with Crippen molar-refractivity contribution in [3.8, 4) is 5.88 Å². The summed E-state index contributed by atoms with van der Waals surface area (Å²) >= 11 is 0. The van der Waals surface area contributed by atoms with Crippen molar-refractivity contribution < 1.29 is 9.47 Å². The zero-order chi connectivity index (χ0) is 12.4. The van der Waals surface area contributed by atoms with Crippen LogP contribution in [0.3, 0.4) is 0 Å². The maximum atomic E-state index is 5.62. The lowest BCUT2D eigenvalue weighted by atomic mass is 10.2. The molecule has 4 nitrogen and oxygen atoms in total. The van der Waals surface area contributed by atoms with Crippen molar-refractivity contribution in [3.63, 3.8) is 0 Å². The van der Waals surface area contributed by atoms with Gasteiger partial charge in [-0.1, -0.05) is 30.3 Å². The van der Waals surface area contributed by atoms with E-state index in [9.17, 15) is 0 Å². The third kappa shape index (κ3) is 2.71. The van der Waals surface area contributed by atoms with Gasteiger partial charge in [0.15, 0.2) is 0 Å². The zero-order valence-corrected chi connectivity index (χ0v) is 10.4. The van der Waals surface area contributed by atoms with Crippen molar-refractivity contribution in [2.24, 2.45) is 0 Å². The fourth-order valence-corrected chi connectivity index (χ4v) is 1.83. The summed E-state index contributed by atoms with van der Waals surface area (Å²) in [6.45, 7) is 4.19. The second kappa shape index (κ2) is 4.82. The molecule has 2 aromatic rings. The van der Waals surface area contributed by atoms with Crippen molar-refractivity contribution in [1.82, 2.24) is 9.78 Å². The molecule has 0 radical (unpaired) electrons. The number of ether oxygens (including phenoxy) is 2. The van der Waals surface area contributed by atoms with Crippen LogP contribution in [-0.4, -0.2) is 29.1 Å². The Balaban J connectivity index is 1.67. The van der Waals surface area contributed by atoms with Crippen LogP contribution < -0.4 is 4.74 Å². The Labute approximate surface area is 106 Å². The highest BCUT2D eigenvalue weighted by atomic mass is 16.6. The van der Waals surface area contributed by atoms with Crippen LogP contribution in [0.2, 0.25) is 0 Å². The van der Waals surface area contributed by atoms with E-state index < -0.39 is 0 Å². The molecule has 0 aliphatic carbocycles. The molecule has 1 aliphatic rings. The Bertz CT molecular complexity index is 518. The molecule has 1 fully saturated rings. The predicted molar refractivity (Wildman–Crippen MR) is 67.7 cm³/mol. The summed E-state index contributed by atoms with van der Waals surface area (Å²) in [5.41, 5.74) is 2.30. The summed E-state index contributed by atoms with van der Waals surface area (Å²) in [6, 6.07) is 10.3. The molecule has 0 spiro atoms. The van der Waals surface area contributed by atoms with Gasteiger partial charge in [0, 0.05) is 11.8 Å². The van der Waals surface area contributed by atoms with Gasteiger partial charge in [-0.3, -0.25) is 4.68 Å². The van der Waals surface area contributed by atoms with Gasteiger partial charge in [-0.25, -0.2) is 0 Å². The smallest absolute Gasteiger partial charge is 0.235 e. The summed E-state index contributed by atoms with van der Waals surface area (Å²) in [5, 5.41) is 4.44. The molecule has 1 saturated heterocycles. The minimum absolute atomic E-state index is 0.267. The molecular formula is C14H16N2O2. The van der Waals surface area contributed by atoms with Crippen LogP contribution in [0.1, 0.15) is 11.1 Å². The van der Waals surface area contributed by atoms with Crippen LogP contribution in [0, 0.1) is 6.92 Å². The topological polar surface area (TPSA) is 39.6 Å². The van der Waals surface area contributed by atoms with Crippen LogP contribution in [0.15, 0.2) is 36.5 Å². The van der Waals surface area contributed by atoms with Gasteiger partial charge in [0.2, 0.25) is 5.88 Å². The lowest BCUT2D eigenvalue weighted by molar-refractivity contribution is 0.252. The van der Waals surface area contributed by atoms with Gasteiger partial charge in [-0.15, -0.1) is 5.10 Å². The lowest BCUT2D eigenvalue weighted by Gasteiger charge is -2.02. The highest BCUT2D eigenvalue weighted by Crippen LogP contribution is 2.18. The lowest BCUT2D eigenvalue weighted by Crippen LogP contribution is -2.06. The van der Waals surface area contributed by atoms with E-state index in [4.69, 9.17) is 9.47 Å². The minimum atomic E-state index is 0.267. The van der Waals surface area contributed by atoms with Crippen molar-refractivity contribution in [2.45, 2.75) is 19.6 Å². The van der Waals surface area contributed by atoms with Gasteiger partial charge in [0.1, 0.15) is 12.7 Å². The molecular weight excluding hydrogens is 228 g/mol. The molecule has 1 aromatic heterocycles. The highest BCUT2D eigenvalue weighted by Gasteiger charge is 2.23. The Morgan fingerprint density at radius 3 is 2.89 bits per heavy atom.